The molecule has 1 N–H and O–H groups in total. The Labute approximate surface area is 142 Å². The predicted octanol–water partition coefficient (Wildman–Crippen LogP) is 4.33. The van der Waals surface area contributed by atoms with Crippen LogP contribution in [-0.2, 0) is 0 Å². The fourth-order valence-corrected chi connectivity index (χ4v) is 2.69. The number of para-hydroxylation sites is 1. The molecule has 0 spiro atoms. The summed E-state index contributed by atoms with van der Waals surface area (Å²) in [6.45, 7) is 3.10. The van der Waals surface area contributed by atoms with E-state index < -0.39 is 0 Å². The zero-order chi connectivity index (χ0) is 16.9. The molecule has 0 bridgehead atoms. The van der Waals surface area contributed by atoms with Gasteiger partial charge in [0.15, 0.2) is 0 Å². The van der Waals surface area contributed by atoms with Crippen molar-refractivity contribution >= 4 is 28.2 Å². The van der Waals surface area contributed by atoms with Crippen LogP contribution in [-0.4, -0.2) is 24.5 Å². The van der Waals surface area contributed by atoms with E-state index in [0.29, 0.717) is 11.3 Å². The van der Waals surface area contributed by atoms with E-state index in [1.165, 1.54) is 0 Å². The lowest BCUT2D eigenvalue weighted by Crippen LogP contribution is -2.19. The molecule has 0 aliphatic rings. The van der Waals surface area contributed by atoms with Crippen molar-refractivity contribution in [2.24, 2.45) is 0 Å². The molecule has 24 heavy (non-hydrogen) atoms. The molecule has 1 amide bonds. The SMILES string of the molecule is CCCN(C)c1cccc(C(=O)Nc2cnc3ccccc3c2)c1. The Morgan fingerprint density at radius 3 is 2.79 bits per heavy atom. The standard InChI is InChI=1S/C20H21N3O/c1-3-11-23(2)18-9-6-8-16(13-18)20(24)22-17-12-15-7-4-5-10-19(15)21-14-17/h4-10,12-14H,3,11H2,1-2H3,(H,22,24). The number of amides is 1. The number of nitrogens with one attached hydrogen (secondary N) is 1. The van der Waals surface area contributed by atoms with E-state index in [-0.39, 0.29) is 5.91 Å². The quantitative estimate of drug-likeness (QED) is 0.761. The van der Waals surface area contributed by atoms with Gasteiger partial charge in [0, 0.05) is 30.2 Å². The summed E-state index contributed by atoms with van der Waals surface area (Å²) >= 11 is 0. The Hall–Kier alpha value is -2.88. The predicted molar refractivity (Wildman–Crippen MR) is 99.7 cm³/mol. The second-order valence-electron chi connectivity index (χ2n) is 5.84. The molecule has 0 saturated carbocycles. The summed E-state index contributed by atoms with van der Waals surface area (Å²) in [5.41, 5.74) is 3.30. The summed E-state index contributed by atoms with van der Waals surface area (Å²) in [6.07, 6.45) is 2.75. The molecule has 0 aliphatic carbocycles. The molecule has 2 aromatic carbocycles. The van der Waals surface area contributed by atoms with E-state index in [1.807, 2.05) is 61.6 Å². The number of hydrogen-bond donors (Lipinski definition) is 1. The van der Waals surface area contributed by atoms with Crippen molar-refractivity contribution in [1.29, 1.82) is 0 Å². The first-order chi connectivity index (χ1) is 11.7. The Kier molecular flexibility index (Phi) is 4.75. The third kappa shape index (κ3) is 3.54. The first-order valence-corrected chi connectivity index (χ1v) is 8.14. The third-order valence-electron chi connectivity index (χ3n) is 3.96. The monoisotopic (exact) mass is 319 g/mol. The van der Waals surface area contributed by atoms with Gasteiger partial charge in [0.1, 0.15) is 0 Å². The van der Waals surface area contributed by atoms with Crippen molar-refractivity contribution in [3.05, 3.63) is 66.4 Å². The zero-order valence-electron chi connectivity index (χ0n) is 14.0. The van der Waals surface area contributed by atoms with Crippen LogP contribution in [0.5, 0.6) is 0 Å². The van der Waals surface area contributed by atoms with Crippen LogP contribution in [0.3, 0.4) is 0 Å². The summed E-state index contributed by atoms with van der Waals surface area (Å²) in [7, 11) is 2.04. The van der Waals surface area contributed by atoms with Gasteiger partial charge in [-0.2, -0.15) is 0 Å². The summed E-state index contributed by atoms with van der Waals surface area (Å²) in [4.78, 5) is 19.0. The van der Waals surface area contributed by atoms with Crippen LogP contribution >= 0.6 is 0 Å². The van der Waals surface area contributed by atoms with Crippen LogP contribution in [0.2, 0.25) is 0 Å². The minimum absolute atomic E-state index is 0.126. The van der Waals surface area contributed by atoms with Gasteiger partial charge in [-0.15, -0.1) is 0 Å². The minimum atomic E-state index is -0.126. The normalized spacial score (nSPS) is 10.6. The second-order valence-corrected chi connectivity index (χ2v) is 5.84. The van der Waals surface area contributed by atoms with Crippen LogP contribution in [0.4, 0.5) is 11.4 Å². The molecule has 0 radical (unpaired) electrons. The molecule has 0 unspecified atom stereocenters. The maximum Gasteiger partial charge on any atom is 0.255 e. The number of rotatable bonds is 5. The van der Waals surface area contributed by atoms with Crippen molar-refractivity contribution in [3.8, 4) is 0 Å². The van der Waals surface area contributed by atoms with Gasteiger partial charge in [-0.1, -0.05) is 31.2 Å². The summed E-state index contributed by atoms with van der Waals surface area (Å²) < 4.78 is 0. The topological polar surface area (TPSA) is 45.2 Å². The van der Waals surface area contributed by atoms with Gasteiger partial charge < -0.3 is 10.2 Å². The van der Waals surface area contributed by atoms with Crippen LogP contribution in [0.15, 0.2) is 60.8 Å². The average Bonchev–Trinajstić information content (AvgIpc) is 2.62. The van der Waals surface area contributed by atoms with Gasteiger partial charge in [-0.3, -0.25) is 9.78 Å². The number of benzene rings is 2. The highest BCUT2D eigenvalue weighted by atomic mass is 16.1. The Balaban J connectivity index is 1.79. The maximum atomic E-state index is 12.5. The van der Waals surface area contributed by atoms with Gasteiger partial charge in [0.25, 0.3) is 5.91 Å². The molecule has 4 heteroatoms. The van der Waals surface area contributed by atoms with E-state index >= 15 is 0 Å². The molecular weight excluding hydrogens is 298 g/mol. The Morgan fingerprint density at radius 1 is 1.12 bits per heavy atom. The van der Waals surface area contributed by atoms with Crippen molar-refractivity contribution in [2.75, 3.05) is 23.8 Å². The van der Waals surface area contributed by atoms with E-state index in [2.05, 4.69) is 22.1 Å². The van der Waals surface area contributed by atoms with Gasteiger partial charge in [-0.05, 0) is 36.8 Å². The fraction of sp³-hybridized carbons (Fsp3) is 0.200. The highest BCUT2D eigenvalue weighted by Crippen LogP contribution is 2.19. The molecule has 4 nitrogen and oxygen atoms in total. The molecule has 3 aromatic rings. The molecule has 3 rings (SSSR count). The van der Waals surface area contributed by atoms with E-state index in [1.54, 1.807) is 6.20 Å². The minimum Gasteiger partial charge on any atom is -0.375 e. The Bertz CT molecular complexity index is 860. The highest BCUT2D eigenvalue weighted by Gasteiger charge is 2.09. The highest BCUT2D eigenvalue weighted by molar-refractivity contribution is 6.05. The molecular formula is C20H21N3O. The molecule has 122 valence electrons. The van der Waals surface area contributed by atoms with Gasteiger partial charge in [0.05, 0.1) is 17.4 Å². The van der Waals surface area contributed by atoms with Crippen LogP contribution in [0, 0.1) is 0 Å². The van der Waals surface area contributed by atoms with Gasteiger partial charge in [0.2, 0.25) is 0 Å². The number of fused-ring (bicyclic) bond motifs is 1. The van der Waals surface area contributed by atoms with E-state index in [4.69, 9.17) is 0 Å². The number of aromatic nitrogens is 1. The molecule has 1 aromatic heterocycles. The molecule has 1 heterocycles. The second kappa shape index (κ2) is 7.13. The molecule has 0 aliphatic heterocycles. The van der Waals surface area contributed by atoms with Gasteiger partial charge in [-0.25, -0.2) is 0 Å². The first kappa shape index (κ1) is 16.0. The number of carbonyl (C=O) groups excluding carboxylic acids is 1. The van der Waals surface area contributed by atoms with Gasteiger partial charge >= 0.3 is 0 Å². The summed E-state index contributed by atoms with van der Waals surface area (Å²) in [6, 6.07) is 17.5. The lowest BCUT2D eigenvalue weighted by molar-refractivity contribution is 0.102. The van der Waals surface area contributed by atoms with E-state index in [9.17, 15) is 4.79 Å². The van der Waals surface area contributed by atoms with Crippen molar-refractivity contribution in [3.63, 3.8) is 0 Å². The number of anilines is 2. The number of hydrogen-bond acceptors (Lipinski definition) is 3. The first-order valence-electron chi connectivity index (χ1n) is 8.14. The van der Waals surface area contributed by atoms with Crippen molar-refractivity contribution < 1.29 is 4.79 Å². The van der Waals surface area contributed by atoms with Crippen LogP contribution < -0.4 is 10.2 Å². The Morgan fingerprint density at radius 2 is 1.96 bits per heavy atom. The third-order valence-corrected chi connectivity index (χ3v) is 3.96. The largest absolute Gasteiger partial charge is 0.375 e. The lowest BCUT2D eigenvalue weighted by atomic mass is 10.1. The molecule has 0 atom stereocenters. The summed E-state index contributed by atoms with van der Waals surface area (Å²) in [5.74, 6) is -0.126. The number of nitrogens with zero attached hydrogens (tertiary/aromatic N) is 2. The fourth-order valence-electron chi connectivity index (χ4n) is 2.69. The molecule has 0 fully saturated rings. The maximum absolute atomic E-state index is 12.5. The van der Waals surface area contributed by atoms with E-state index in [0.717, 1.165) is 29.6 Å². The van der Waals surface area contributed by atoms with Crippen molar-refractivity contribution in [2.45, 2.75) is 13.3 Å². The lowest BCUT2D eigenvalue weighted by Gasteiger charge is -2.19. The number of pyridine rings is 1. The molecule has 0 saturated heterocycles. The van der Waals surface area contributed by atoms with Crippen LogP contribution in [0.25, 0.3) is 10.9 Å². The average molecular weight is 319 g/mol. The summed E-state index contributed by atoms with van der Waals surface area (Å²) in [5, 5.41) is 3.93. The van der Waals surface area contributed by atoms with Crippen molar-refractivity contribution in [1.82, 2.24) is 4.98 Å². The smallest absolute Gasteiger partial charge is 0.255 e. The zero-order valence-corrected chi connectivity index (χ0v) is 14.0. The van der Waals surface area contributed by atoms with Crippen LogP contribution in [0.1, 0.15) is 23.7 Å². The number of carbonyl (C=O) groups is 1.